The molecule has 7 heteroatoms. The smallest absolute Gasteiger partial charge is 0.236 e. The van der Waals surface area contributed by atoms with Crippen molar-refractivity contribution in [1.29, 1.82) is 0 Å². The topological polar surface area (TPSA) is 49.9 Å². The number of sulfonamides is 1. The summed E-state index contributed by atoms with van der Waals surface area (Å²) >= 11 is 0. The van der Waals surface area contributed by atoms with E-state index in [0.29, 0.717) is 31.9 Å². The number of ether oxygens (including phenoxy) is 1. The SMILES string of the molecule is COc1cccc(C#CC=CS(=O)(=O)N2CCN(c3ccc(F)cc3)CC2)c1. The molecule has 146 valence electrons. The van der Waals surface area contributed by atoms with Gasteiger partial charge in [-0.15, -0.1) is 0 Å². The highest BCUT2D eigenvalue weighted by Gasteiger charge is 2.25. The fourth-order valence-corrected chi connectivity index (χ4v) is 3.97. The van der Waals surface area contributed by atoms with E-state index in [4.69, 9.17) is 4.74 Å². The van der Waals surface area contributed by atoms with Gasteiger partial charge in [0.1, 0.15) is 11.6 Å². The molecule has 3 rings (SSSR count). The van der Waals surface area contributed by atoms with Crippen LogP contribution < -0.4 is 9.64 Å². The van der Waals surface area contributed by atoms with E-state index in [1.807, 2.05) is 23.1 Å². The van der Waals surface area contributed by atoms with E-state index in [2.05, 4.69) is 11.8 Å². The molecule has 0 amide bonds. The average molecular weight is 400 g/mol. The minimum absolute atomic E-state index is 0.287. The number of halogens is 1. The molecule has 0 aromatic heterocycles. The van der Waals surface area contributed by atoms with Crippen molar-refractivity contribution in [3.8, 4) is 17.6 Å². The van der Waals surface area contributed by atoms with Crippen molar-refractivity contribution in [2.24, 2.45) is 0 Å². The quantitative estimate of drug-likeness (QED) is 0.741. The second kappa shape index (κ2) is 8.91. The predicted molar refractivity (Wildman–Crippen MR) is 108 cm³/mol. The maximum atomic E-state index is 13.0. The van der Waals surface area contributed by atoms with Crippen molar-refractivity contribution in [3.05, 3.63) is 71.4 Å². The standard InChI is InChI=1S/C21H21FN2O3S/c1-27-21-7-4-6-18(17-21)5-2-3-16-28(25,26)24-14-12-23(13-15-24)20-10-8-19(22)9-11-20/h3-4,6-11,16-17H,12-15H2,1H3. The first-order valence-electron chi connectivity index (χ1n) is 8.81. The van der Waals surface area contributed by atoms with Gasteiger partial charge in [0, 0.05) is 43.5 Å². The van der Waals surface area contributed by atoms with Crippen LogP contribution in [0.2, 0.25) is 0 Å². The highest BCUT2D eigenvalue weighted by Crippen LogP contribution is 2.18. The molecule has 1 aliphatic rings. The van der Waals surface area contributed by atoms with E-state index in [9.17, 15) is 12.8 Å². The highest BCUT2D eigenvalue weighted by molar-refractivity contribution is 7.92. The van der Waals surface area contributed by atoms with Gasteiger partial charge in [0.2, 0.25) is 10.0 Å². The fraction of sp³-hybridized carbons (Fsp3) is 0.238. The summed E-state index contributed by atoms with van der Waals surface area (Å²) in [6.45, 7) is 1.84. The lowest BCUT2D eigenvalue weighted by atomic mass is 10.2. The number of nitrogens with zero attached hydrogens (tertiary/aromatic N) is 2. The van der Waals surface area contributed by atoms with Crippen LogP contribution in [0.1, 0.15) is 5.56 Å². The summed E-state index contributed by atoms with van der Waals surface area (Å²) in [6.07, 6.45) is 1.35. The van der Waals surface area contributed by atoms with Crippen molar-refractivity contribution in [3.63, 3.8) is 0 Å². The largest absolute Gasteiger partial charge is 0.497 e. The van der Waals surface area contributed by atoms with Crippen LogP contribution in [0, 0.1) is 17.7 Å². The summed E-state index contributed by atoms with van der Waals surface area (Å²) in [6, 6.07) is 13.5. The zero-order chi connectivity index (χ0) is 20.0. The van der Waals surface area contributed by atoms with E-state index in [1.165, 1.54) is 22.5 Å². The van der Waals surface area contributed by atoms with Crippen molar-refractivity contribution in [1.82, 2.24) is 4.31 Å². The highest BCUT2D eigenvalue weighted by atomic mass is 32.2. The Hall–Kier alpha value is -2.82. The maximum Gasteiger partial charge on any atom is 0.236 e. The zero-order valence-corrected chi connectivity index (χ0v) is 16.3. The Morgan fingerprint density at radius 2 is 1.79 bits per heavy atom. The number of piperazine rings is 1. The third-order valence-electron chi connectivity index (χ3n) is 4.40. The predicted octanol–water partition coefficient (Wildman–Crippen LogP) is 2.85. The molecule has 0 unspecified atom stereocenters. The van der Waals surface area contributed by atoms with Gasteiger partial charge in [0.15, 0.2) is 0 Å². The monoisotopic (exact) mass is 400 g/mol. The summed E-state index contributed by atoms with van der Waals surface area (Å²) in [7, 11) is -1.95. The van der Waals surface area contributed by atoms with E-state index in [0.717, 1.165) is 16.7 Å². The molecule has 1 saturated heterocycles. The molecule has 1 fully saturated rings. The molecule has 0 radical (unpaired) electrons. The molecule has 1 aliphatic heterocycles. The van der Waals surface area contributed by atoms with Gasteiger partial charge in [-0.3, -0.25) is 0 Å². The Balaban J connectivity index is 1.59. The molecule has 1 heterocycles. The minimum atomic E-state index is -3.52. The lowest BCUT2D eigenvalue weighted by Crippen LogP contribution is -2.48. The number of hydrogen-bond donors (Lipinski definition) is 0. The van der Waals surface area contributed by atoms with E-state index in [1.54, 1.807) is 25.3 Å². The van der Waals surface area contributed by atoms with Gasteiger partial charge in [0.05, 0.1) is 12.5 Å². The van der Waals surface area contributed by atoms with Crippen molar-refractivity contribution in [2.75, 3.05) is 38.2 Å². The Kier molecular flexibility index (Phi) is 6.34. The number of benzene rings is 2. The van der Waals surface area contributed by atoms with Crippen LogP contribution in [0.3, 0.4) is 0 Å². The van der Waals surface area contributed by atoms with Crippen LogP contribution in [0.25, 0.3) is 0 Å². The lowest BCUT2D eigenvalue weighted by Gasteiger charge is -2.34. The molecule has 0 spiro atoms. The van der Waals surface area contributed by atoms with Crippen LogP contribution in [0.15, 0.2) is 60.0 Å². The number of hydrogen-bond acceptors (Lipinski definition) is 4. The zero-order valence-electron chi connectivity index (χ0n) is 15.5. The van der Waals surface area contributed by atoms with Gasteiger partial charge in [0.25, 0.3) is 0 Å². The third-order valence-corrected chi connectivity index (χ3v) is 5.96. The van der Waals surface area contributed by atoms with Gasteiger partial charge in [-0.2, -0.15) is 4.31 Å². The summed E-state index contributed by atoms with van der Waals surface area (Å²) < 4.78 is 44.5. The molecule has 5 nitrogen and oxygen atoms in total. The molecule has 0 atom stereocenters. The summed E-state index contributed by atoms with van der Waals surface area (Å²) in [5.74, 6) is 6.05. The van der Waals surface area contributed by atoms with Gasteiger partial charge in [-0.1, -0.05) is 17.9 Å². The first kappa shape index (κ1) is 19.9. The molecule has 2 aromatic rings. The van der Waals surface area contributed by atoms with E-state index in [-0.39, 0.29) is 5.82 Å². The first-order valence-corrected chi connectivity index (χ1v) is 10.3. The van der Waals surface area contributed by atoms with Crippen LogP contribution in [-0.2, 0) is 10.0 Å². The first-order chi connectivity index (χ1) is 13.5. The van der Waals surface area contributed by atoms with Gasteiger partial charge < -0.3 is 9.64 Å². The minimum Gasteiger partial charge on any atom is -0.497 e. The number of rotatable bonds is 4. The van der Waals surface area contributed by atoms with Gasteiger partial charge >= 0.3 is 0 Å². The summed E-state index contributed by atoms with van der Waals surface area (Å²) in [5, 5.41) is 1.13. The third kappa shape index (κ3) is 5.12. The molecule has 0 bridgehead atoms. The molecular weight excluding hydrogens is 379 g/mol. The molecule has 0 saturated carbocycles. The number of allylic oxidation sites excluding steroid dienone is 1. The van der Waals surface area contributed by atoms with Crippen molar-refractivity contribution >= 4 is 15.7 Å². The number of anilines is 1. The van der Waals surface area contributed by atoms with Gasteiger partial charge in [-0.25, -0.2) is 12.8 Å². The van der Waals surface area contributed by atoms with Crippen LogP contribution in [0.4, 0.5) is 10.1 Å². The second-order valence-electron chi connectivity index (χ2n) is 6.21. The van der Waals surface area contributed by atoms with Crippen LogP contribution >= 0.6 is 0 Å². The fourth-order valence-electron chi connectivity index (χ4n) is 2.88. The Labute approximate surface area is 165 Å². The van der Waals surface area contributed by atoms with Crippen LogP contribution in [0.5, 0.6) is 5.75 Å². The Bertz CT molecular complexity index is 1000. The van der Waals surface area contributed by atoms with E-state index >= 15 is 0 Å². The average Bonchev–Trinajstić information content (AvgIpc) is 2.72. The molecule has 2 aromatic carbocycles. The van der Waals surface area contributed by atoms with Crippen LogP contribution in [-0.4, -0.2) is 46.0 Å². The Morgan fingerprint density at radius 3 is 2.46 bits per heavy atom. The van der Waals surface area contributed by atoms with Crippen molar-refractivity contribution in [2.45, 2.75) is 0 Å². The summed E-state index contributed by atoms with van der Waals surface area (Å²) in [4.78, 5) is 2.04. The molecule has 28 heavy (non-hydrogen) atoms. The maximum absolute atomic E-state index is 13.0. The molecule has 0 aliphatic carbocycles. The van der Waals surface area contributed by atoms with Gasteiger partial charge in [-0.05, 0) is 42.5 Å². The molecule has 0 N–H and O–H groups in total. The lowest BCUT2D eigenvalue weighted by molar-refractivity contribution is 0.390. The number of methoxy groups -OCH3 is 1. The van der Waals surface area contributed by atoms with E-state index < -0.39 is 10.0 Å². The Morgan fingerprint density at radius 1 is 1.07 bits per heavy atom. The molecular formula is C21H21FN2O3S. The second-order valence-corrected chi connectivity index (χ2v) is 8.03. The normalized spacial score (nSPS) is 15.3. The van der Waals surface area contributed by atoms with Crippen molar-refractivity contribution < 1.29 is 17.5 Å². The summed E-state index contributed by atoms with van der Waals surface area (Å²) in [5.41, 5.74) is 1.63.